The molecule has 0 aliphatic carbocycles. The van der Waals surface area contributed by atoms with E-state index in [1.165, 1.54) is 4.88 Å². The predicted molar refractivity (Wildman–Crippen MR) is 86.5 cm³/mol. The molecule has 21 heavy (non-hydrogen) atoms. The first-order valence-corrected chi connectivity index (χ1v) is 7.58. The Labute approximate surface area is 126 Å². The maximum absolute atomic E-state index is 12.3. The number of fused-ring (bicyclic) bond motifs is 1. The zero-order valence-corrected chi connectivity index (χ0v) is 12.2. The number of aromatic nitrogens is 1. The van der Waals surface area contributed by atoms with E-state index in [0.29, 0.717) is 17.9 Å². The van der Waals surface area contributed by atoms with Crippen LogP contribution in [-0.4, -0.2) is 17.4 Å². The zero-order chi connectivity index (χ0) is 14.7. The standard InChI is InChI=1S/C16H15N3OS/c17-15-10-13(12-5-1-2-6-14(12)19-15)16(20)18-8-7-11-4-3-9-21-11/h1-6,9-10H,7-8H2,(H2,17,19)(H,18,20). The van der Waals surface area contributed by atoms with Crippen LogP contribution in [0.3, 0.4) is 0 Å². The quantitative estimate of drug-likeness (QED) is 0.778. The third-order valence-corrected chi connectivity index (χ3v) is 4.15. The van der Waals surface area contributed by atoms with Gasteiger partial charge in [0, 0.05) is 16.8 Å². The summed E-state index contributed by atoms with van der Waals surface area (Å²) in [7, 11) is 0. The first kappa shape index (κ1) is 13.6. The summed E-state index contributed by atoms with van der Waals surface area (Å²) in [6, 6.07) is 13.2. The summed E-state index contributed by atoms with van der Waals surface area (Å²) in [4.78, 5) is 17.8. The number of nitrogens with zero attached hydrogens (tertiary/aromatic N) is 1. The lowest BCUT2D eigenvalue weighted by Crippen LogP contribution is -2.26. The number of hydrogen-bond acceptors (Lipinski definition) is 4. The van der Waals surface area contributed by atoms with Gasteiger partial charge in [-0.25, -0.2) is 4.98 Å². The van der Waals surface area contributed by atoms with Gasteiger partial charge >= 0.3 is 0 Å². The molecule has 0 bridgehead atoms. The normalized spacial score (nSPS) is 10.7. The summed E-state index contributed by atoms with van der Waals surface area (Å²) in [6.45, 7) is 0.607. The summed E-state index contributed by atoms with van der Waals surface area (Å²) in [5.41, 5.74) is 7.09. The number of para-hydroxylation sites is 1. The summed E-state index contributed by atoms with van der Waals surface area (Å²) >= 11 is 1.69. The molecule has 2 aromatic heterocycles. The van der Waals surface area contributed by atoms with E-state index in [4.69, 9.17) is 5.73 Å². The van der Waals surface area contributed by atoms with Gasteiger partial charge in [0.05, 0.1) is 11.1 Å². The number of nitrogen functional groups attached to an aromatic ring is 1. The van der Waals surface area contributed by atoms with Gasteiger partial charge in [-0.05, 0) is 30.0 Å². The molecule has 3 rings (SSSR count). The first-order valence-electron chi connectivity index (χ1n) is 6.70. The van der Waals surface area contributed by atoms with E-state index in [9.17, 15) is 4.79 Å². The number of carbonyl (C=O) groups excluding carboxylic acids is 1. The molecule has 0 radical (unpaired) electrons. The van der Waals surface area contributed by atoms with Crippen LogP contribution in [0.2, 0.25) is 0 Å². The Balaban J connectivity index is 1.78. The number of carbonyl (C=O) groups is 1. The Morgan fingerprint density at radius 2 is 2.10 bits per heavy atom. The minimum atomic E-state index is -0.114. The van der Waals surface area contributed by atoms with E-state index in [0.717, 1.165) is 17.3 Å². The van der Waals surface area contributed by atoms with Gasteiger partial charge < -0.3 is 11.1 Å². The van der Waals surface area contributed by atoms with Crippen LogP contribution in [0, 0.1) is 0 Å². The van der Waals surface area contributed by atoms with Crippen LogP contribution in [0.5, 0.6) is 0 Å². The van der Waals surface area contributed by atoms with Gasteiger partial charge in [0.1, 0.15) is 5.82 Å². The molecule has 3 aromatic rings. The average Bonchev–Trinajstić information content (AvgIpc) is 2.99. The van der Waals surface area contributed by atoms with Crippen LogP contribution in [0.25, 0.3) is 10.9 Å². The van der Waals surface area contributed by atoms with Crippen molar-refractivity contribution in [3.05, 3.63) is 58.3 Å². The number of thiophene rings is 1. The Morgan fingerprint density at radius 3 is 2.90 bits per heavy atom. The Morgan fingerprint density at radius 1 is 1.24 bits per heavy atom. The largest absolute Gasteiger partial charge is 0.384 e. The summed E-state index contributed by atoms with van der Waals surface area (Å²) in [6.07, 6.45) is 0.835. The smallest absolute Gasteiger partial charge is 0.252 e. The highest BCUT2D eigenvalue weighted by molar-refractivity contribution is 7.09. The molecular formula is C16H15N3OS. The van der Waals surface area contributed by atoms with Crippen molar-refractivity contribution in [2.75, 3.05) is 12.3 Å². The van der Waals surface area contributed by atoms with E-state index in [-0.39, 0.29) is 5.91 Å². The van der Waals surface area contributed by atoms with Gasteiger partial charge in [-0.3, -0.25) is 4.79 Å². The summed E-state index contributed by atoms with van der Waals surface area (Å²) in [5, 5.41) is 5.80. The third-order valence-electron chi connectivity index (χ3n) is 3.22. The number of amides is 1. The van der Waals surface area contributed by atoms with Gasteiger partial charge in [0.25, 0.3) is 5.91 Å². The van der Waals surface area contributed by atoms with Crippen LogP contribution < -0.4 is 11.1 Å². The second-order valence-electron chi connectivity index (χ2n) is 4.70. The maximum Gasteiger partial charge on any atom is 0.252 e. The molecule has 0 atom stereocenters. The molecule has 2 heterocycles. The average molecular weight is 297 g/mol. The lowest BCUT2D eigenvalue weighted by atomic mass is 10.1. The molecule has 0 fully saturated rings. The number of nitrogens with one attached hydrogen (secondary N) is 1. The van der Waals surface area contributed by atoms with Gasteiger partial charge in [0.2, 0.25) is 0 Å². The fourth-order valence-electron chi connectivity index (χ4n) is 2.23. The molecule has 4 nitrogen and oxygen atoms in total. The van der Waals surface area contributed by atoms with Crippen molar-refractivity contribution in [2.45, 2.75) is 6.42 Å². The van der Waals surface area contributed by atoms with Crippen LogP contribution in [0.15, 0.2) is 47.8 Å². The van der Waals surface area contributed by atoms with Gasteiger partial charge in [-0.2, -0.15) is 0 Å². The zero-order valence-electron chi connectivity index (χ0n) is 11.4. The van der Waals surface area contributed by atoms with E-state index in [1.807, 2.05) is 35.7 Å². The van der Waals surface area contributed by atoms with Crippen molar-refractivity contribution in [3.8, 4) is 0 Å². The number of hydrogen-bond donors (Lipinski definition) is 2. The highest BCUT2D eigenvalue weighted by Crippen LogP contribution is 2.19. The van der Waals surface area contributed by atoms with Crippen molar-refractivity contribution >= 4 is 34.0 Å². The Bertz CT molecular complexity index is 768. The molecule has 1 amide bonds. The van der Waals surface area contributed by atoms with Gasteiger partial charge in [-0.15, -0.1) is 11.3 Å². The third kappa shape index (κ3) is 3.03. The molecule has 3 N–H and O–H groups in total. The highest BCUT2D eigenvalue weighted by Gasteiger charge is 2.11. The second-order valence-corrected chi connectivity index (χ2v) is 5.73. The molecule has 0 aliphatic rings. The predicted octanol–water partition coefficient (Wildman–Crippen LogP) is 2.85. The van der Waals surface area contributed by atoms with Crippen LogP contribution >= 0.6 is 11.3 Å². The number of nitrogens with two attached hydrogens (primary N) is 1. The SMILES string of the molecule is Nc1cc(C(=O)NCCc2cccs2)c2ccccc2n1. The Hall–Kier alpha value is -2.40. The first-order chi connectivity index (χ1) is 10.2. The van der Waals surface area contributed by atoms with Crippen molar-refractivity contribution in [3.63, 3.8) is 0 Å². The number of benzene rings is 1. The lowest BCUT2D eigenvalue weighted by Gasteiger charge is -2.08. The minimum Gasteiger partial charge on any atom is -0.384 e. The molecule has 0 spiro atoms. The van der Waals surface area contributed by atoms with Crippen LogP contribution in [-0.2, 0) is 6.42 Å². The van der Waals surface area contributed by atoms with Crippen LogP contribution in [0.1, 0.15) is 15.2 Å². The number of rotatable bonds is 4. The highest BCUT2D eigenvalue weighted by atomic mass is 32.1. The van der Waals surface area contributed by atoms with Crippen molar-refractivity contribution < 1.29 is 4.79 Å². The summed E-state index contributed by atoms with van der Waals surface area (Å²) in [5.74, 6) is 0.244. The van der Waals surface area contributed by atoms with Crippen molar-refractivity contribution in [1.29, 1.82) is 0 Å². The van der Waals surface area contributed by atoms with Crippen molar-refractivity contribution in [1.82, 2.24) is 10.3 Å². The van der Waals surface area contributed by atoms with E-state index >= 15 is 0 Å². The van der Waals surface area contributed by atoms with Crippen LogP contribution in [0.4, 0.5) is 5.82 Å². The second kappa shape index (κ2) is 5.93. The molecule has 0 unspecified atom stereocenters. The molecule has 5 heteroatoms. The fourth-order valence-corrected chi connectivity index (χ4v) is 2.94. The number of anilines is 1. The number of pyridine rings is 1. The molecular weight excluding hydrogens is 282 g/mol. The molecule has 1 aromatic carbocycles. The fraction of sp³-hybridized carbons (Fsp3) is 0.125. The molecule has 0 saturated heterocycles. The molecule has 0 aliphatic heterocycles. The van der Waals surface area contributed by atoms with E-state index in [1.54, 1.807) is 17.4 Å². The minimum absolute atomic E-state index is 0.114. The molecule has 0 saturated carbocycles. The van der Waals surface area contributed by atoms with Crippen molar-refractivity contribution in [2.24, 2.45) is 0 Å². The molecule has 106 valence electrons. The van der Waals surface area contributed by atoms with Gasteiger partial charge in [-0.1, -0.05) is 24.3 Å². The van der Waals surface area contributed by atoms with E-state index in [2.05, 4.69) is 16.4 Å². The Kier molecular flexibility index (Phi) is 3.83. The lowest BCUT2D eigenvalue weighted by molar-refractivity contribution is 0.0956. The monoisotopic (exact) mass is 297 g/mol. The van der Waals surface area contributed by atoms with E-state index < -0.39 is 0 Å². The maximum atomic E-state index is 12.3. The topological polar surface area (TPSA) is 68.0 Å². The van der Waals surface area contributed by atoms with Gasteiger partial charge in [0.15, 0.2) is 0 Å². The summed E-state index contributed by atoms with van der Waals surface area (Å²) < 4.78 is 0.